The molecule has 26 heavy (non-hydrogen) atoms. The Balaban J connectivity index is 1.65. The van der Waals surface area contributed by atoms with E-state index < -0.39 is 11.0 Å². The molecule has 4 atom stereocenters. The molecule has 1 N–H and O–H groups in total. The fourth-order valence-corrected chi connectivity index (χ4v) is 4.94. The summed E-state index contributed by atoms with van der Waals surface area (Å²) in [5.74, 6) is -0.0572. The van der Waals surface area contributed by atoms with E-state index in [4.69, 9.17) is 4.74 Å². The zero-order valence-corrected chi connectivity index (χ0v) is 15.5. The molecule has 136 valence electrons. The first kappa shape index (κ1) is 17.2. The van der Waals surface area contributed by atoms with E-state index in [1.54, 1.807) is 6.92 Å². The summed E-state index contributed by atoms with van der Waals surface area (Å²) in [7, 11) is 0. The topological polar surface area (TPSA) is 55.4 Å². The molecule has 1 fully saturated rings. The SMILES string of the molecule is CC(=O)[C@]12C=C[C@]13OCC[C@]3(C)CC(C(=O)N[C@@H](C)c1ccccc1)=C2. The van der Waals surface area contributed by atoms with Gasteiger partial charge in [-0.25, -0.2) is 0 Å². The van der Waals surface area contributed by atoms with E-state index in [-0.39, 0.29) is 23.1 Å². The number of amides is 1. The molecule has 0 saturated carbocycles. The van der Waals surface area contributed by atoms with Gasteiger partial charge in [-0.3, -0.25) is 9.59 Å². The third-order valence-corrected chi connectivity index (χ3v) is 6.58. The average molecular weight is 351 g/mol. The Morgan fingerprint density at radius 3 is 2.54 bits per heavy atom. The number of ether oxygens (including phenoxy) is 1. The quantitative estimate of drug-likeness (QED) is 0.845. The highest BCUT2D eigenvalue weighted by Crippen LogP contribution is 2.66. The van der Waals surface area contributed by atoms with Gasteiger partial charge < -0.3 is 10.1 Å². The molecule has 4 nitrogen and oxygen atoms in total. The van der Waals surface area contributed by atoms with Crippen LogP contribution >= 0.6 is 0 Å². The summed E-state index contributed by atoms with van der Waals surface area (Å²) in [4.78, 5) is 25.6. The van der Waals surface area contributed by atoms with Crippen molar-refractivity contribution in [2.75, 3.05) is 6.61 Å². The highest BCUT2D eigenvalue weighted by molar-refractivity contribution is 5.99. The van der Waals surface area contributed by atoms with Crippen LogP contribution in [0.5, 0.6) is 0 Å². The molecule has 3 aliphatic rings. The zero-order valence-electron chi connectivity index (χ0n) is 15.5. The minimum absolute atomic E-state index is 0.0363. The Kier molecular flexibility index (Phi) is 3.74. The van der Waals surface area contributed by atoms with Crippen LogP contribution in [0.15, 0.2) is 54.1 Å². The second-order valence-electron chi connectivity index (χ2n) is 8.11. The van der Waals surface area contributed by atoms with Crippen molar-refractivity contribution in [1.29, 1.82) is 0 Å². The van der Waals surface area contributed by atoms with E-state index >= 15 is 0 Å². The number of carbonyl (C=O) groups excluding carboxylic acids is 2. The van der Waals surface area contributed by atoms with E-state index in [0.717, 1.165) is 12.0 Å². The number of ketones is 1. The third kappa shape index (κ3) is 2.11. The fraction of sp³-hybridized carbons (Fsp3) is 0.455. The van der Waals surface area contributed by atoms with Crippen molar-refractivity contribution in [1.82, 2.24) is 5.32 Å². The van der Waals surface area contributed by atoms with Gasteiger partial charge in [0.1, 0.15) is 11.4 Å². The number of rotatable bonds is 4. The Labute approximate surface area is 154 Å². The lowest BCUT2D eigenvalue weighted by Gasteiger charge is -2.58. The molecule has 1 aliphatic heterocycles. The van der Waals surface area contributed by atoms with Gasteiger partial charge in [-0.2, -0.15) is 0 Å². The van der Waals surface area contributed by atoms with Gasteiger partial charge in [0.05, 0.1) is 11.5 Å². The van der Waals surface area contributed by atoms with Gasteiger partial charge in [0.25, 0.3) is 0 Å². The lowest BCUT2D eigenvalue weighted by molar-refractivity contribution is -0.148. The Morgan fingerprint density at radius 2 is 1.92 bits per heavy atom. The molecule has 1 aromatic carbocycles. The van der Waals surface area contributed by atoms with Crippen molar-refractivity contribution >= 4 is 11.7 Å². The van der Waals surface area contributed by atoms with E-state index in [1.807, 2.05) is 55.5 Å². The monoisotopic (exact) mass is 351 g/mol. The molecule has 0 aromatic heterocycles. The smallest absolute Gasteiger partial charge is 0.247 e. The number of benzene rings is 1. The summed E-state index contributed by atoms with van der Waals surface area (Å²) in [6.45, 7) is 6.34. The zero-order chi connectivity index (χ0) is 18.6. The maximum absolute atomic E-state index is 13.0. The predicted molar refractivity (Wildman–Crippen MR) is 99.4 cm³/mol. The summed E-state index contributed by atoms with van der Waals surface area (Å²) in [5, 5.41) is 3.09. The van der Waals surface area contributed by atoms with Gasteiger partial charge in [0.2, 0.25) is 5.91 Å². The minimum Gasteiger partial charge on any atom is -0.369 e. The first-order chi connectivity index (χ1) is 12.3. The third-order valence-electron chi connectivity index (χ3n) is 6.58. The molecule has 1 aromatic rings. The van der Waals surface area contributed by atoms with Crippen LogP contribution in [0.1, 0.15) is 45.2 Å². The molecule has 4 rings (SSSR count). The number of Topliss-reactive ketones (excluding diaryl/α,β-unsaturated/α-hetero) is 1. The molecule has 4 heteroatoms. The molecule has 0 unspecified atom stereocenters. The molecule has 0 radical (unpaired) electrons. The van der Waals surface area contributed by atoms with Crippen LogP contribution < -0.4 is 5.32 Å². The van der Waals surface area contributed by atoms with Gasteiger partial charge >= 0.3 is 0 Å². The van der Waals surface area contributed by atoms with Crippen molar-refractivity contribution in [2.45, 2.75) is 45.3 Å². The largest absolute Gasteiger partial charge is 0.369 e. The summed E-state index contributed by atoms with van der Waals surface area (Å²) < 4.78 is 6.11. The summed E-state index contributed by atoms with van der Waals surface area (Å²) in [5.41, 5.74) is 0.132. The average Bonchev–Trinajstić information content (AvgIpc) is 2.97. The molecule has 1 heterocycles. The summed E-state index contributed by atoms with van der Waals surface area (Å²) in [6, 6.07) is 9.81. The maximum Gasteiger partial charge on any atom is 0.247 e. The number of nitrogens with one attached hydrogen (secondary N) is 1. The molecule has 2 aliphatic carbocycles. The Bertz CT molecular complexity index is 827. The van der Waals surface area contributed by atoms with E-state index in [1.165, 1.54) is 0 Å². The van der Waals surface area contributed by atoms with Crippen LogP contribution in [0.4, 0.5) is 0 Å². The fourth-order valence-electron chi connectivity index (χ4n) is 4.94. The van der Waals surface area contributed by atoms with Gasteiger partial charge in [-0.1, -0.05) is 55.5 Å². The minimum atomic E-state index is -0.806. The predicted octanol–water partition coefficient (Wildman–Crippen LogP) is 3.50. The second-order valence-corrected chi connectivity index (χ2v) is 8.11. The molecule has 1 spiro atoms. The lowest BCUT2D eigenvalue weighted by atomic mass is 9.47. The first-order valence-corrected chi connectivity index (χ1v) is 9.27. The van der Waals surface area contributed by atoms with Crippen LogP contribution in [0.25, 0.3) is 0 Å². The van der Waals surface area contributed by atoms with Crippen molar-refractivity contribution in [3.63, 3.8) is 0 Å². The standard InChI is InChI=1S/C22H25NO3/c1-15(17-7-5-4-6-8-17)23-19(25)18-13-20(3)11-12-26-22(20)10-9-21(22,14-18)16(2)24/h4-10,14-15H,11-13H2,1-3H3,(H,23,25)/t15-,20+,21+,22+/m0/s1. The second kappa shape index (κ2) is 5.65. The van der Waals surface area contributed by atoms with Crippen LogP contribution in [0.3, 0.4) is 0 Å². The van der Waals surface area contributed by atoms with Crippen LogP contribution in [0.2, 0.25) is 0 Å². The normalized spacial score (nSPS) is 35.6. The van der Waals surface area contributed by atoms with Crippen LogP contribution in [-0.4, -0.2) is 23.9 Å². The van der Waals surface area contributed by atoms with E-state index in [9.17, 15) is 9.59 Å². The van der Waals surface area contributed by atoms with Crippen molar-refractivity contribution in [3.05, 3.63) is 59.7 Å². The van der Waals surface area contributed by atoms with Crippen molar-refractivity contribution in [3.8, 4) is 0 Å². The number of carbonyl (C=O) groups is 2. The van der Waals surface area contributed by atoms with Crippen molar-refractivity contribution < 1.29 is 14.3 Å². The molecule has 0 bridgehead atoms. The molecule has 1 saturated heterocycles. The van der Waals surface area contributed by atoms with Gasteiger partial charge in [0.15, 0.2) is 0 Å². The van der Waals surface area contributed by atoms with Crippen LogP contribution in [-0.2, 0) is 14.3 Å². The van der Waals surface area contributed by atoms with Crippen molar-refractivity contribution in [2.24, 2.45) is 10.8 Å². The van der Waals surface area contributed by atoms with Gasteiger partial charge in [-0.05, 0) is 32.3 Å². The molecular formula is C22H25NO3. The Hall–Kier alpha value is -2.20. The summed E-state index contributed by atoms with van der Waals surface area (Å²) in [6.07, 6.45) is 7.27. The Morgan fingerprint density at radius 1 is 1.19 bits per heavy atom. The maximum atomic E-state index is 13.0. The van der Waals surface area contributed by atoms with Gasteiger partial charge in [0, 0.05) is 17.6 Å². The van der Waals surface area contributed by atoms with E-state index in [2.05, 4.69) is 12.2 Å². The van der Waals surface area contributed by atoms with Crippen LogP contribution in [0, 0.1) is 10.8 Å². The van der Waals surface area contributed by atoms with E-state index in [0.29, 0.717) is 18.6 Å². The number of hydrogen-bond donors (Lipinski definition) is 1. The highest BCUT2D eigenvalue weighted by atomic mass is 16.5. The molecular weight excluding hydrogens is 326 g/mol. The molecule has 1 amide bonds. The number of hydrogen-bond acceptors (Lipinski definition) is 3. The lowest BCUT2D eigenvalue weighted by Crippen LogP contribution is -2.64. The first-order valence-electron chi connectivity index (χ1n) is 9.27. The van der Waals surface area contributed by atoms with Gasteiger partial charge in [-0.15, -0.1) is 0 Å². The summed E-state index contributed by atoms with van der Waals surface area (Å²) >= 11 is 0. The highest BCUT2D eigenvalue weighted by Gasteiger charge is 2.70.